The Kier molecular flexibility index (Phi) is 5.44. The number of carboxylic acids is 1. The maximum absolute atomic E-state index is 12.8. The van der Waals surface area contributed by atoms with Gasteiger partial charge in [-0.15, -0.1) is 0 Å². The minimum absolute atomic E-state index is 0.00110. The molecule has 5 aliphatic rings. The van der Waals surface area contributed by atoms with Crippen LogP contribution < -0.4 is 0 Å². The number of rotatable bonds is 2. The number of aliphatic hydroxyl groups excluding tert-OH is 3. The van der Waals surface area contributed by atoms with Gasteiger partial charge < -0.3 is 20.4 Å². The van der Waals surface area contributed by atoms with Crippen molar-refractivity contribution < 1.29 is 25.2 Å². The van der Waals surface area contributed by atoms with Gasteiger partial charge in [-0.2, -0.15) is 0 Å². The summed E-state index contributed by atoms with van der Waals surface area (Å²) in [6.07, 6.45) is 9.23. The van der Waals surface area contributed by atoms with Crippen molar-refractivity contribution >= 4 is 5.97 Å². The van der Waals surface area contributed by atoms with Gasteiger partial charge in [0, 0.05) is 11.3 Å². The highest BCUT2D eigenvalue weighted by molar-refractivity contribution is 5.77. The lowest BCUT2D eigenvalue weighted by molar-refractivity contribution is -0.167. The average molecular weight is 485 g/mol. The van der Waals surface area contributed by atoms with Crippen molar-refractivity contribution in [3.05, 3.63) is 34.9 Å². The van der Waals surface area contributed by atoms with Crippen LogP contribution in [-0.2, 0) is 4.79 Å². The molecule has 4 N–H and O–H groups in total. The Hall–Kier alpha value is -1.43. The van der Waals surface area contributed by atoms with E-state index < -0.39 is 29.0 Å². The summed E-state index contributed by atoms with van der Waals surface area (Å²) >= 11 is 0. The summed E-state index contributed by atoms with van der Waals surface area (Å²) in [7, 11) is 0. The van der Waals surface area contributed by atoms with Gasteiger partial charge >= 0.3 is 5.97 Å². The molecule has 5 nitrogen and oxygen atoms in total. The van der Waals surface area contributed by atoms with Gasteiger partial charge in [0.2, 0.25) is 0 Å². The molecule has 0 bridgehead atoms. The molecule has 0 saturated heterocycles. The molecule has 5 heteroatoms. The Balaban J connectivity index is 1.65. The van der Waals surface area contributed by atoms with Crippen molar-refractivity contribution in [2.45, 2.75) is 92.3 Å². The third-order valence-electron chi connectivity index (χ3n) is 12.4. The molecule has 1 unspecified atom stereocenters. The molecule has 0 spiro atoms. The molecule has 0 amide bonds. The fourth-order valence-corrected chi connectivity index (χ4v) is 9.88. The summed E-state index contributed by atoms with van der Waals surface area (Å²) in [5.41, 5.74) is 1.55. The summed E-state index contributed by atoms with van der Waals surface area (Å²) in [5.74, 6) is -0.222. The summed E-state index contributed by atoms with van der Waals surface area (Å²) in [5, 5.41) is 42.7. The zero-order valence-corrected chi connectivity index (χ0v) is 22.3. The second-order valence-electron chi connectivity index (χ2n) is 13.6. The number of aliphatic hydroxyl groups is 3. The van der Waals surface area contributed by atoms with Gasteiger partial charge in [-0.3, -0.25) is 4.79 Å². The lowest BCUT2D eigenvalue weighted by Gasteiger charge is -2.69. The van der Waals surface area contributed by atoms with Gasteiger partial charge in [0.05, 0.1) is 24.2 Å². The second-order valence-corrected chi connectivity index (χ2v) is 13.6. The zero-order valence-electron chi connectivity index (χ0n) is 22.3. The van der Waals surface area contributed by atoms with Crippen molar-refractivity contribution in [3.8, 4) is 0 Å². The van der Waals surface area contributed by atoms with Crippen LogP contribution in [0.3, 0.4) is 0 Å². The Morgan fingerprint density at radius 1 is 1.06 bits per heavy atom. The fourth-order valence-electron chi connectivity index (χ4n) is 9.88. The summed E-state index contributed by atoms with van der Waals surface area (Å²) < 4.78 is 0. The third-order valence-corrected chi connectivity index (χ3v) is 12.4. The number of hydrogen-bond acceptors (Lipinski definition) is 4. The van der Waals surface area contributed by atoms with E-state index in [4.69, 9.17) is 0 Å². The predicted octanol–water partition coefficient (Wildman–Crippen LogP) is 4.87. The largest absolute Gasteiger partial charge is 0.481 e. The van der Waals surface area contributed by atoms with Gasteiger partial charge in [0.25, 0.3) is 0 Å². The number of hydrogen-bond donors (Lipinski definition) is 4. The molecule has 0 aromatic carbocycles. The van der Waals surface area contributed by atoms with Gasteiger partial charge in [-0.05, 0) is 73.5 Å². The van der Waals surface area contributed by atoms with Gasteiger partial charge in [-0.1, -0.05) is 69.6 Å². The predicted molar refractivity (Wildman–Crippen MR) is 135 cm³/mol. The van der Waals surface area contributed by atoms with E-state index in [1.807, 2.05) is 6.92 Å². The van der Waals surface area contributed by atoms with Crippen LogP contribution in [-0.4, -0.2) is 45.2 Å². The van der Waals surface area contributed by atoms with E-state index in [1.165, 1.54) is 11.1 Å². The van der Waals surface area contributed by atoms with Gasteiger partial charge in [0.1, 0.15) is 0 Å². The topological polar surface area (TPSA) is 98.0 Å². The minimum Gasteiger partial charge on any atom is -0.481 e. The lowest BCUT2D eigenvalue weighted by atomic mass is 9.35. The van der Waals surface area contributed by atoms with Crippen molar-refractivity contribution in [1.29, 1.82) is 0 Å². The second kappa shape index (κ2) is 7.55. The first-order valence-electron chi connectivity index (χ1n) is 13.5. The Labute approximate surface area is 210 Å². The Morgan fingerprint density at radius 3 is 2.37 bits per heavy atom. The molecular weight excluding hydrogens is 440 g/mol. The fraction of sp³-hybridized carbons (Fsp3) is 0.767. The molecule has 0 radical (unpaired) electrons. The van der Waals surface area contributed by atoms with Crippen LogP contribution in [0, 0.1) is 44.8 Å². The van der Waals surface area contributed by atoms with Crippen LogP contribution in [0.25, 0.3) is 0 Å². The Morgan fingerprint density at radius 2 is 1.74 bits per heavy atom. The van der Waals surface area contributed by atoms with Crippen molar-refractivity contribution in [1.82, 2.24) is 0 Å². The average Bonchev–Trinajstić information content (AvgIpc) is 2.80. The highest BCUT2D eigenvalue weighted by atomic mass is 16.4. The van der Waals surface area contributed by atoms with Crippen LogP contribution >= 0.6 is 0 Å². The van der Waals surface area contributed by atoms with Crippen molar-refractivity contribution in [3.63, 3.8) is 0 Å². The molecule has 194 valence electrons. The first-order chi connectivity index (χ1) is 16.2. The number of carbonyl (C=O) groups is 1. The maximum atomic E-state index is 12.8. The number of fused-ring (bicyclic) bond motifs is 7. The first-order valence-corrected chi connectivity index (χ1v) is 13.5. The molecule has 35 heavy (non-hydrogen) atoms. The van der Waals surface area contributed by atoms with Crippen LogP contribution in [0.15, 0.2) is 34.9 Å². The first kappa shape index (κ1) is 25.2. The highest BCUT2D eigenvalue weighted by Gasteiger charge is 2.68. The van der Waals surface area contributed by atoms with Crippen LogP contribution in [0.5, 0.6) is 0 Å². The molecule has 10 atom stereocenters. The Bertz CT molecular complexity index is 1040. The van der Waals surface area contributed by atoms with E-state index >= 15 is 0 Å². The number of aliphatic carboxylic acids is 1. The molecule has 5 rings (SSSR count). The number of allylic oxidation sites excluding steroid dienone is 5. The normalized spacial score (nSPS) is 53.2. The summed E-state index contributed by atoms with van der Waals surface area (Å²) in [6.45, 7) is 13.0. The van der Waals surface area contributed by atoms with E-state index in [9.17, 15) is 25.2 Å². The minimum atomic E-state index is -0.981. The molecule has 2 saturated carbocycles. The molecule has 2 fully saturated rings. The lowest BCUT2D eigenvalue weighted by Crippen LogP contribution is -2.64. The summed E-state index contributed by atoms with van der Waals surface area (Å²) in [4.78, 5) is 12.8. The van der Waals surface area contributed by atoms with E-state index in [2.05, 4.69) is 52.8 Å². The summed E-state index contributed by atoms with van der Waals surface area (Å²) in [6, 6.07) is 0. The quantitative estimate of drug-likeness (QED) is 0.419. The van der Waals surface area contributed by atoms with E-state index in [-0.39, 0.29) is 40.6 Å². The van der Waals surface area contributed by atoms with Crippen LogP contribution in [0.1, 0.15) is 80.1 Å². The van der Waals surface area contributed by atoms with Gasteiger partial charge in [-0.25, -0.2) is 0 Å². The smallest absolute Gasteiger partial charge is 0.310 e. The SMILES string of the molecule is CC1=CC[C@]2(C(=O)O)CC[C@]3(C)C(=CC[C@@H]4[C@@]5(C)C[C@H](O)[C@H](O)C(C)(CO)C5=CC[C@]43C)[C@@H]2[C@H]1C. The molecule has 0 aromatic heterocycles. The van der Waals surface area contributed by atoms with Crippen molar-refractivity contribution in [2.24, 2.45) is 44.8 Å². The maximum Gasteiger partial charge on any atom is 0.310 e. The van der Waals surface area contributed by atoms with Crippen LogP contribution in [0.2, 0.25) is 0 Å². The number of carboxylic acid groups (broad SMARTS) is 1. The van der Waals surface area contributed by atoms with Crippen molar-refractivity contribution in [2.75, 3.05) is 6.61 Å². The molecule has 0 aromatic rings. The third kappa shape index (κ3) is 2.84. The highest BCUT2D eigenvalue weighted by Crippen LogP contribution is 2.74. The van der Waals surface area contributed by atoms with Gasteiger partial charge in [0.15, 0.2) is 0 Å². The molecule has 0 aliphatic heterocycles. The molecule has 5 aliphatic carbocycles. The van der Waals surface area contributed by atoms with Crippen LogP contribution in [0.4, 0.5) is 0 Å². The zero-order chi connectivity index (χ0) is 25.8. The van der Waals surface area contributed by atoms with E-state index in [1.54, 1.807) is 0 Å². The standard InChI is InChI=1S/C30H44O5/c1-17-9-12-30(25(34)35)14-13-28(5)19(23(30)18(17)2)7-8-22-26(3)15-20(32)24(33)27(4,16-31)21(26)10-11-29(22,28)6/h7,9-10,18,20,22-24,31-33H,8,11-16H2,1-6H3,(H,34,35)/t18-,20-,22+,23-,24-,26-,27?,28+,29+,30-/m0/s1. The van der Waals surface area contributed by atoms with E-state index in [0.29, 0.717) is 19.3 Å². The monoisotopic (exact) mass is 484 g/mol. The molecule has 0 heterocycles. The van der Waals surface area contributed by atoms with E-state index in [0.717, 1.165) is 24.8 Å². The molecular formula is C30H44O5.